The Bertz CT molecular complexity index is 559. The lowest BCUT2D eigenvalue weighted by molar-refractivity contribution is 0.744. The number of hydrogen-bond acceptors (Lipinski definition) is 6. The van der Waals surface area contributed by atoms with Gasteiger partial charge in [0, 0.05) is 10.6 Å². The Kier molecular flexibility index (Phi) is 3.19. The number of nitrogens with one attached hydrogen (secondary N) is 1. The summed E-state index contributed by atoms with van der Waals surface area (Å²) in [4.78, 5) is 1.01. The van der Waals surface area contributed by atoms with Crippen molar-refractivity contribution >= 4 is 28.1 Å². The molecule has 0 aromatic carbocycles. The van der Waals surface area contributed by atoms with Gasteiger partial charge >= 0.3 is 0 Å². The van der Waals surface area contributed by atoms with Crippen LogP contribution in [-0.4, -0.2) is 5.04 Å². The van der Waals surface area contributed by atoms with Gasteiger partial charge in [0.25, 0.3) is 0 Å². The van der Waals surface area contributed by atoms with Crippen LogP contribution in [0.1, 0.15) is 10.1 Å². The molecule has 2 atom stereocenters. The molecule has 1 aliphatic rings. The van der Waals surface area contributed by atoms with E-state index in [4.69, 9.17) is 16.4 Å². The first-order valence-corrected chi connectivity index (χ1v) is 6.53. The molecule has 0 fully saturated rings. The van der Waals surface area contributed by atoms with E-state index in [0.717, 1.165) is 4.88 Å². The van der Waals surface area contributed by atoms with Crippen molar-refractivity contribution in [2.45, 2.75) is 5.25 Å². The third-order valence-corrected chi connectivity index (χ3v) is 4.80. The van der Waals surface area contributed by atoms with Crippen molar-refractivity contribution in [3.8, 4) is 12.1 Å². The average Bonchev–Trinajstić information content (AvgIpc) is 2.82. The third kappa shape index (κ3) is 1.93. The molecule has 84 valence electrons. The van der Waals surface area contributed by atoms with Crippen LogP contribution in [-0.2, 0) is 0 Å². The van der Waals surface area contributed by atoms with Crippen molar-refractivity contribution < 1.29 is 0 Å². The van der Waals surface area contributed by atoms with Crippen LogP contribution in [0.15, 0.2) is 28.8 Å². The molecule has 6 heteroatoms. The Morgan fingerprint density at radius 1 is 1.41 bits per heavy atom. The average molecular weight is 260 g/mol. The highest BCUT2D eigenvalue weighted by atomic mass is 32.2. The van der Waals surface area contributed by atoms with Crippen LogP contribution in [0, 0.1) is 34.0 Å². The molecule has 1 aromatic rings. The first-order valence-electron chi connectivity index (χ1n) is 4.77. The van der Waals surface area contributed by atoms with E-state index >= 15 is 0 Å². The summed E-state index contributed by atoms with van der Waals surface area (Å²) in [5.41, 5.74) is 6.17. The number of nitrogens with zero attached hydrogens (tertiary/aromatic N) is 2. The van der Waals surface area contributed by atoms with E-state index in [1.165, 1.54) is 23.1 Å². The quantitative estimate of drug-likeness (QED) is 0.810. The van der Waals surface area contributed by atoms with E-state index in [-0.39, 0.29) is 21.6 Å². The largest absolute Gasteiger partial charge is 0.400 e. The molecule has 1 aliphatic heterocycles. The molecule has 0 saturated carbocycles. The first-order chi connectivity index (χ1) is 8.19. The van der Waals surface area contributed by atoms with Crippen molar-refractivity contribution in [2.24, 2.45) is 11.7 Å². The molecule has 0 bridgehead atoms. The number of allylic oxidation sites excluding steroid dienone is 1. The minimum absolute atomic E-state index is 0.134. The smallest absolute Gasteiger partial charge is 0.107 e. The van der Waals surface area contributed by atoms with E-state index in [9.17, 15) is 5.26 Å². The van der Waals surface area contributed by atoms with Crippen LogP contribution in [0.3, 0.4) is 0 Å². The van der Waals surface area contributed by atoms with E-state index in [2.05, 4.69) is 6.07 Å². The summed E-state index contributed by atoms with van der Waals surface area (Å²) in [6.45, 7) is 0. The predicted octanol–water partition coefficient (Wildman–Crippen LogP) is 2.39. The Balaban J connectivity index is 2.48. The zero-order chi connectivity index (χ0) is 12.4. The summed E-state index contributed by atoms with van der Waals surface area (Å²) in [6, 6.07) is 7.85. The number of hydrogen-bond donors (Lipinski definition) is 2. The second-order valence-corrected chi connectivity index (χ2v) is 5.56. The van der Waals surface area contributed by atoms with Crippen LogP contribution in [0.25, 0.3) is 0 Å². The molecule has 0 unspecified atom stereocenters. The number of nitriles is 2. The van der Waals surface area contributed by atoms with E-state index in [0.29, 0.717) is 0 Å². The standard InChI is InChI=1S/C11H8N4S2/c12-4-6-9(14)7(5-13)11(15)17-10(6)8-2-1-3-16-8/h1-3,6,10,15H,14H2/t6-,10-/m0/s1. The van der Waals surface area contributed by atoms with Gasteiger partial charge in [-0.1, -0.05) is 17.8 Å². The number of rotatable bonds is 1. The van der Waals surface area contributed by atoms with Crippen molar-refractivity contribution in [3.05, 3.63) is 33.7 Å². The van der Waals surface area contributed by atoms with Crippen LogP contribution >= 0.6 is 23.1 Å². The maximum absolute atomic E-state index is 9.18. The minimum atomic E-state index is -0.539. The van der Waals surface area contributed by atoms with Crippen LogP contribution in [0.5, 0.6) is 0 Å². The fourth-order valence-corrected chi connectivity index (χ4v) is 3.76. The van der Waals surface area contributed by atoms with Gasteiger partial charge in [0.2, 0.25) is 0 Å². The van der Waals surface area contributed by atoms with Gasteiger partial charge in [0.15, 0.2) is 0 Å². The van der Waals surface area contributed by atoms with Gasteiger partial charge < -0.3 is 5.73 Å². The van der Waals surface area contributed by atoms with Gasteiger partial charge in [-0.3, -0.25) is 5.41 Å². The molecule has 0 aliphatic carbocycles. The van der Waals surface area contributed by atoms with Gasteiger partial charge in [0.1, 0.15) is 22.6 Å². The highest BCUT2D eigenvalue weighted by Crippen LogP contribution is 2.45. The van der Waals surface area contributed by atoms with Crippen LogP contribution < -0.4 is 5.73 Å². The lowest BCUT2D eigenvalue weighted by Gasteiger charge is -2.26. The van der Waals surface area contributed by atoms with Crippen LogP contribution in [0.4, 0.5) is 0 Å². The van der Waals surface area contributed by atoms with Gasteiger partial charge in [-0.15, -0.1) is 11.3 Å². The molecule has 0 radical (unpaired) electrons. The molecule has 4 nitrogen and oxygen atoms in total. The number of thioether (sulfide) groups is 1. The third-order valence-electron chi connectivity index (χ3n) is 2.47. The second-order valence-electron chi connectivity index (χ2n) is 3.43. The van der Waals surface area contributed by atoms with Crippen molar-refractivity contribution in [1.82, 2.24) is 0 Å². The zero-order valence-electron chi connectivity index (χ0n) is 8.68. The summed E-state index contributed by atoms with van der Waals surface area (Å²) >= 11 is 2.76. The zero-order valence-corrected chi connectivity index (χ0v) is 10.3. The maximum Gasteiger partial charge on any atom is 0.107 e. The monoisotopic (exact) mass is 260 g/mol. The molecule has 3 N–H and O–H groups in total. The highest BCUT2D eigenvalue weighted by molar-refractivity contribution is 8.14. The summed E-state index contributed by atoms with van der Waals surface area (Å²) in [5.74, 6) is -0.539. The van der Waals surface area contributed by atoms with E-state index < -0.39 is 5.92 Å². The molecule has 0 saturated heterocycles. The Labute approximate surface area is 107 Å². The summed E-state index contributed by atoms with van der Waals surface area (Å²) in [5, 5.41) is 27.8. The van der Waals surface area contributed by atoms with Gasteiger partial charge in [-0.05, 0) is 11.4 Å². The number of nitrogens with two attached hydrogens (primary N) is 1. The molecule has 0 amide bonds. The van der Waals surface area contributed by atoms with Gasteiger partial charge in [-0.2, -0.15) is 10.5 Å². The molecule has 2 heterocycles. The second kappa shape index (κ2) is 4.62. The normalized spacial score (nSPS) is 24.2. The van der Waals surface area contributed by atoms with Crippen molar-refractivity contribution in [2.75, 3.05) is 0 Å². The maximum atomic E-state index is 9.18. The minimum Gasteiger partial charge on any atom is -0.400 e. The molecule has 0 spiro atoms. The Hall–Kier alpha value is -1.76. The lowest BCUT2D eigenvalue weighted by Crippen LogP contribution is -2.25. The number of thiophene rings is 1. The molecule has 2 rings (SSSR count). The topological polar surface area (TPSA) is 97.4 Å². The molecular weight excluding hydrogens is 252 g/mol. The highest BCUT2D eigenvalue weighted by Gasteiger charge is 2.35. The van der Waals surface area contributed by atoms with Crippen LogP contribution in [0.2, 0.25) is 0 Å². The van der Waals surface area contributed by atoms with Gasteiger partial charge in [-0.25, -0.2) is 0 Å². The summed E-state index contributed by atoms with van der Waals surface area (Å²) in [7, 11) is 0. The SMILES string of the molecule is N#CC1=C(N)[C@H](C#N)[C@@H](c2cccs2)SC1=N. The Morgan fingerprint density at radius 2 is 2.18 bits per heavy atom. The fraction of sp³-hybridized carbons (Fsp3) is 0.182. The van der Waals surface area contributed by atoms with E-state index in [1.54, 1.807) is 0 Å². The molecule has 17 heavy (non-hydrogen) atoms. The molecular formula is C11H8N4S2. The van der Waals surface area contributed by atoms with Crippen molar-refractivity contribution in [3.63, 3.8) is 0 Å². The lowest BCUT2D eigenvalue weighted by atomic mass is 9.97. The fourth-order valence-electron chi connectivity index (χ4n) is 1.63. The van der Waals surface area contributed by atoms with Gasteiger partial charge in [0.05, 0.1) is 11.3 Å². The summed E-state index contributed by atoms with van der Waals surface area (Å²) in [6.07, 6.45) is 0. The first kappa shape index (κ1) is 11.7. The summed E-state index contributed by atoms with van der Waals surface area (Å²) < 4.78 is 0. The Morgan fingerprint density at radius 3 is 2.71 bits per heavy atom. The van der Waals surface area contributed by atoms with E-state index in [1.807, 2.05) is 23.6 Å². The predicted molar refractivity (Wildman–Crippen MR) is 68.3 cm³/mol. The molecule has 1 aromatic heterocycles. The van der Waals surface area contributed by atoms with Crippen molar-refractivity contribution in [1.29, 1.82) is 15.9 Å².